The summed E-state index contributed by atoms with van der Waals surface area (Å²) in [5.74, 6) is -0.515. The highest BCUT2D eigenvalue weighted by atomic mass is 32.2. The van der Waals surface area contributed by atoms with E-state index in [0.29, 0.717) is 45.9 Å². The van der Waals surface area contributed by atoms with Gasteiger partial charge in [-0.3, -0.25) is 14.5 Å². The summed E-state index contributed by atoms with van der Waals surface area (Å²) in [4.78, 5) is 28.6. The normalized spacial score (nSPS) is 15.5. The predicted molar refractivity (Wildman–Crippen MR) is 185 cm³/mol. The Balaban J connectivity index is 1.31. The number of aliphatic hydroxyl groups excluding tert-OH is 1. The molecule has 0 radical (unpaired) electrons. The molecule has 0 aliphatic carbocycles. The monoisotopic (exact) mass is 681 g/mol. The smallest absolute Gasteiger partial charge is 0.301 e. The summed E-state index contributed by atoms with van der Waals surface area (Å²) in [5, 5.41) is 20.3. The van der Waals surface area contributed by atoms with E-state index < -0.39 is 17.7 Å². The fourth-order valence-corrected chi connectivity index (χ4v) is 6.94. The molecule has 0 saturated carbocycles. The Kier molecular flexibility index (Phi) is 10.5. The highest BCUT2D eigenvalue weighted by Crippen LogP contribution is 2.44. The number of aliphatic hydroxyl groups is 1. The third kappa shape index (κ3) is 7.58. The highest BCUT2D eigenvalue weighted by Gasteiger charge is 2.48. The lowest BCUT2D eigenvalue weighted by molar-refractivity contribution is -0.132. The van der Waals surface area contributed by atoms with Crippen molar-refractivity contribution in [3.8, 4) is 11.5 Å². The average molecular weight is 682 g/mol. The number of ether oxygens (including phenoxy) is 2. The van der Waals surface area contributed by atoms with E-state index in [1.54, 1.807) is 60.7 Å². The van der Waals surface area contributed by atoms with Gasteiger partial charge in [-0.2, -0.15) is 0 Å². The van der Waals surface area contributed by atoms with Crippen molar-refractivity contribution in [3.05, 3.63) is 137 Å². The Morgan fingerprint density at radius 3 is 2.27 bits per heavy atom. The molecule has 1 atom stereocenters. The molecule has 1 aliphatic rings. The molecule has 1 N–H and O–H groups in total. The molecule has 0 unspecified atom stereocenters. The fourth-order valence-electron chi connectivity index (χ4n) is 5.12. The predicted octanol–water partition coefficient (Wildman–Crippen LogP) is 8.35. The van der Waals surface area contributed by atoms with Crippen molar-refractivity contribution >= 4 is 45.7 Å². The lowest BCUT2D eigenvalue weighted by Gasteiger charge is -2.22. The highest BCUT2D eigenvalue weighted by molar-refractivity contribution is 8.00. The number of unbranched alkanes of at least 4 members (excludes halogenated alkanes) is 1. The molecule has 5 aromatic rings. The number of ketones is 1. The minimum atomic E-state index is -0.975. The van der Waals surface area contributed by atoms with Crippen molar-refractivity contribution in [3.63, 3.8) is 0 Å². The molecule has 1 aromatic heterocycles. The van der Waals surface area contributed by atoms with Crippen molar-refractivity contribution in [1.29, 1.82) is 0 Å². The third-order valence-electron chi connectivity index (χ3n) is 7.66. The standard InChI is InChI=1S/C37H32FN3O5S2/c1-2-3-21-45-29-19-13-27(14-20-29)33(42)31-32(26-11-17-30(18-12-26)46-22-24-7-5-4-6-8-24)41(35(44)34(31)43)36-39-40-37(48-36)47-23-25-9-15-28(38)16-10-25/h4-20,32,42H,2-3,21-23H2,1H3/t32-/m1/s1. The van der Waals surface area contributed by atoms with Crippen LogP contribution in [0.5, 0.6) is 11.5 Å². The van der Waals surface area contributed by atoms with Gasteiger partial charge >= 0.3 is 5.91 Å². The van der Waals surface area contributed by atoms with Gasteiger partial charge in [-0.15, -0.1) is 10.2 Å². The minimum Gasteiger partial charge on any atom is -0.507 e. The number of carbonyl (C=O) groups excluding carboxylic acids is 2. The number of benzene rings is 4. The molecular weight excluding hydrogens is 650 g/mol. The van der Waals surface area contributed by atoms with Crippen LogP contribution in [0, 0.1) is 5.82 Å². The molecular formula is C37H32FN3O5S2. The zero-order valence-corrected chi connectivity index (χ0v) is 27.7. The summed E-state index contributed by atoms with van der Waals surface area (Å²) < 4.78 is 25.6. The Morgan fingerprint density at radius 1 is 0.875 bits per heavy atom. The summed E-state index contributed by atoms with van der Waals surface area (Å²) in [6.45, 7) is 3.03. The van der Waals surface area contributed by atoms with E-state index in [-0.39, 0.29) is 22.3 Å². The largest absolute Gasteiger partial charge is 0.507 e. The number of amides is 1. The number of aromatic nitrogens is 2. The van der Waals surface area contributed by atoms with Crippen LogP contribution in [0.3, 0.4) is 0 Å². The molecule has 0 bridgehead atoms. The van der Waals surface area contributed by atoms with Gasteiger partial charge in [0.2, 0.25) is 5.13 Å². The van der Waals surface area contributed by atoms with Gasteiger partial charge < -0.3 is 14.6 Å². The lowest BCUT2D eigenvalue weighted by Crippen LogP contribution is -2.29. The van der Waals surface area contributed by atoms with Crippen LogP contribution < -0.4 is 14.4 Å². The summed E-state index contributed by atoms with van der Waals surface area (Å²) in [5.41, 5.74) is 2.80. The maximum Gasteiger partial charge on any atom is 0.301 e. The molecule has 4 aromatic carbocycles. The van der Waals surface area contributed by atoms with Crippen LogP contribution in [0.4, 0.5) is 9.52 Å². The van der Waals surface area contributed by atoms with Crippen molar-refractivity contribution < 1.29 is 28.6 Å². The molecule has 0 spiro atoms. The van der Waals surface area contributed by atoms with Crippen LogP contribution in [0.2, 0.25) is 0 Å². The van der Waals surface area contributed by atoms with Gasteiger partial charge in [0.15, 0.2) is 4.34 Å². The zero-order chi connectivity index (χ0) is 33.5. The van der Waals surface area contributed by atoms with E-state index in [1.807, 2.05) is 30.3 Å². The number of halogens is 1. The molecule has 1 aliphatic heterocycles. The van der Waals surface area contributed by atoms with E-state index >= 15 is 0 Å². The Morgan fingerprint density at radius 2 is 1.56 bits per heavy atom. The summed E-state index contributed by atoms with van der Waals surface area (Å²) in [6, 6.07) is 28.8. The van der Waals surface area contributed by atoms with Gasteiger partial charge in [-0.05, 0) is 71.6 Å². The number of hydrogen-bond donors (Lipinski definition) is 1. The summed E-state index contributed by atoms with van der Waals surface area (Å²) in [7, 11) is 0. The van der Waals surface area contributed by atoms with Crippen LogP contribution in [0.15, 0.2) is 113 Å². The number of carbonyl (C=O) groups is 2. The molecule has 2 heterocycles. The second kappa shape index (κ2) is 15.3. The van der Waals surface area contributed by atoms with Gasteiger partial charge in [-0.25, -0.2) is 4.39 Å². The Bertz CT molecular complexity index is 1900. The van der Waals surface area contributed by atoms with Crippen molar-refractivity contribution in [2.24, 2.45) is 0 Å². The molecule has 48 heavy (non-hydrogen) atoms. The summed E-state index contributed by atoms with van der Waals surface area (Å²) >= 11 is 2.55. The molecule has 244 valence electrons. The van der Waals surface area contributed by atoms with Gasteiger partial charge in [-0.1, -0.05) is 91.0 Å². The topological polar surface area (TPSA) is 102 Å². The molecule has 8 nitrogen and oxygen atoms in total. The van der Waals surface area contributed by atoms with Gasteiger partial charge in [0, 0.05) is 11.3 Å². The number of anilines is 1. The first-order valence-corrected chi connectivity index (χ1v) is 17.2. The van der Waals surface area contributed by atoms with Crippen molar-refractivity contribution in [2.75, 3.05) is 11.5 Å². The number of nitrogens with zero attached hydrogens (tertiary/aromatic N) is 3. The average Bonchev–Trinajstić information content (AvgIpc) is 3.69. The first-order chi connectivity index (χ1) is 23.4. The molecule has 6 rings (SSSR count). The fraction of sp³-hybridized carbons (Fsp3) is 0.189. The molecule has 1 amide bonds. The van der Waals surface area contributed by atoms with Crippen molar-refractivity contribution in [2.45, 2.75) is 42.5 Å². The molecule has 11 heteroatoms. The van der Waals surface area contributed by atoms with Gasteiger partial charge in [0.1, 0.15) is 29.7 Å². The maximum atomic E-state index is 13.7. The van der Waals surface area contributed by atoms with Gasteiger partial charge in [0.25, 0.3) is 5.78 Å². The van der Waals surface area contributed by atoms with Crippen LogP contribution in [-0.2, 0) is 21.9 Å². The Hall–Kier alpha value is -5.00. The second-order valence-electron chi connectivity index (χ2n) is 11.0. The SMILES string of the molecule is CCCCOc1ccc(C(O)=C2C(=O)C(=O)N(c3nnc(SCc4ccc(F)cc4)s3)[C@@H]2c2ccc(OCc3ccccc3)cc2)cc1. The van der Waals surface area contributed by atoms with E-state index in [4.69, 9.17) is 9.47 Å². The molecule has 1 fully saturated rings. The molecule has 1 saturated heterocycles. The van der Waals surface area contributed by atoms with E-state index in [9.17, 15) is 19.1 Å². The number of rotatable bonds is 13. The van der Waals surface area contributed by atoms with Crippen LogP contribution in [0.25, 0.3) is 5.76 Å². The van der Waals surface area contributed by atoms with E-state index in [1.165, 1.54) is 28.8 Å². The first-order valence-electron chi connectivity index (χ1n) is 15.4. The number of thioether (sulfide) groups is 1. The zero-order valence-electron chi connectivity index (χ0n) is 26.0. The van der Waals surface area contributed by atoms with E-state index in [2.05, 4.69) is 17.1 Å². The van der Waals surface area contributed by atoms with Crippen LogP contribution in [0.1, 0.15) is 48.1 Å². The van der Waals surface area contributed by atoms with E-state index in [0.717, 1.165) is 35.3 Å². The quantitative estimate of drug-likeness (QED) is 0.0331. The van der Waals surface area contributed by atoms with Crippen LogP contribution in [-0.4, -0.2) is 33.6 Å². The number of hydrogen-bond acceptors (Lipinski definition) is 9. The maximum absolute atomic E-state index is 13.7. The minimum absolute atomic E-state index is 0.0617. The lowest BCUT2D eigenvalue weighted by atomic mass is 9.95. The van der Waals surface area contributed by atoms with Crippen LogP contribution >= 0.6 is 23.1 Å². The third-order valence-corrected chi connectivity index (χ3v) is 9.79. The first kappa shape index (κ1) is 32.9. The Labute approximate surface area is 285 Å². The number of Topliss-reactive ketones (excluding diaryl/α,β-unsaturated/α-hetero) is 1. The summed E-state index contributed by atoms with van der Waals surface area (Å²) in [6.07, 6.45) is 1.92. The second-order valence-corrected chi connectivity index (χ2v) is 13.2. The van der Waals surface area contributed by atoms with Crippen molar-refractivity contribution in [1.82, 2.24) is 10.2 Å². The van der Waals surface area contributed by atoms with Gasteiger partial charge in [0.05, 0.1) is 18.2 Å².